The summed E-state index contributed by atoms with van der Waals surface area (Å²) >= 11 is 0. The molecule has 7 heteroatoms. The van der Waals surface area contributed by atoms with Crippen LogP contribution in [-0.4, -0.2) is 85.4 Å². The molecule has 1 unspecified atom stereocenters. The van der Waals surface area contributed by atoms with Gasteiger partial charge in [-0.05, 0) is 104 Å². The summed E-state index contributed by atoms with van der Waals surface area (Å²) in [7, 11) is 3.61. The zero-order valence-corrected chi connectivity index (χ0v) is 29.6. The first kappa shape index (κ1) is 33.6. The summed E-state index contributed by atoms with van der Waals surface area (Å²) in [6.45, 7) is 20.3. The molecule has 5 saturated carbocycles. The Kier molecular flexibility index (Phi) is 8.52. The van der Waals surface area contributed by atoms with Gasteiger partial charge in [-0.1, -0.05) is 46.6 Å². The molecule has 1 aliphatic heterocycles. The second-order valence-corrected chi connectivity index (χ2v) is 17.8. The molecule has 1 heterocycles. The molecule has 0 aromatic heterocycles. The van der Waals surface area contributed by atoms with E-state index in [4.69, 9.17) is 9.47 Å². The van der Waals surface area contributed by atoms with Crippen LogP contribution in [0.15, 0.2) is 12.2 Å². The van der Waals surface area contributed by atoms with Gasteiger partial charge in [0.05, 0.1) is 25.8 Å². The number of carbonyl (C=O) groups is 2. The summed E-state index contributed by atoms with van der Waals surface area (Å²) in [6, 6.07) is 0. The fraction of sp³-hybridized carbons (Fsp3) is 0.895. The molecule has 0 aromatic rings. The predicted molar refractivity (Wildman–Crippen MR) is 176 cm³/mol. The van der Waals surface area contributed by atoms with Gasteiger partial charge in [-0.15, -0.1) is 6.58 Å². The molecular formula is C38H62N2O5. The van der Waals surface area contributed by atoms with Crippen LogP contribution in [0.4, 0.5) is 0 Å². The number of amides is 1. The Labute approximate surface area is 272 Å². The number of hydrogen-bond donors (Lipinski definition) is 1. The third-order valence-electron chi connectivity index (χ3n) is 15.2. The van der Waals surface area contributed by atoms with Crippen LogP contribution in [-0.2, 0) is 19.1 Å². The summed E-state index contributed by atoms with van der Waals surface area (Å²) in [4.78, 5) is 30.5. The molecule has 6 aliphatic rings. The lowest BCUT2D eigenvalue weighted by molar-refractivity contribution is -0.246. The number of aliphatic hydroxyl groups is 1. The third kappa shape index (κ3) is 4.86. The first-order valence-electron chi connectivity index (χ1n) is 18.1. The maximum absolute atomic E-state index is 14.3. The highest BCUT2D eigenvalue weighted by atomic mass is 16.7. The highest BCUT2D eigenvalue weighted by Gasteiger charge is 2.84. The van der Waals surface area contributed by atoms with Crippen molar-refractivity contribution in [3.8, 4) is 0 Å². The van der Waals surface area contributed by atoms with E-state index in [0.717, 1.165) is 57.9 Å². The molecule has 5 aliphatic carbocycles. The van der Waals surface area contributed by atoms with Crippen LogP contribution >= 0.6 is 0 Å². The molecule has 1 amide bonds. The van der Waals surface area contributed by atoms with Gasteiger partial charge >= 0.3 is 0 Å². The number of ketones is 1. The van der Waals surface area contributed by atoms with Gasteiger partial charge in [-0.25, -0.2) is 0 Å². The maximum atomic E-state index is 14.3. The van der Waals surface area contributed by atoms with E-state index in [0.29, 0.717) is 37.5 Å². The third-order valence-corrected chi connectivity index (χ3v) is 15.2. The molecule has 2 spiro atoms. The number of allylic oxidation sites excluding steroid dienone is 1. The smallest absolute Gasteiger partial charge is 0.236 e. The van der Waals surface area contributed by atoms with E-state index in [2.05, 4.69) is 53.0 Å². The topological polar surface area (TPSA) is 79.3 Å². The van der Waals surface area contributed by atoms with E-state index >= 15 is 0 Å². The molecule has 45 heavy (non-hydrogen) atoms. The number of likely N-dealkylation sites (N-methyl/N-ethyl adjacent to an activating group) is 1. The maximum Gasteiger partial charge on any atom is 0.236 e. The summed E-state index contributed by atoms with van der Waals surface area (Å²) in [5.74, 6) is 1.52. The van der Waals surface area contributed by atoms with Crippen molar-refractivity contribution in [3.63, 3.8) is 0 Å². The number of nitrogens with zero attached hydrogens (tertiary/aromatic N) is 2. The fourth-order valence-corrected chi connectivity index (χ4v) is 12.7. The Hall–Kier alpha value is -1.28. The number of ether oxygens (including phenoxy) is 2. The second-order valence-electron chi connectivity index (χ2n) is 17.8. The van der Waals surface area contributed by atoms with E-state index in [1.54, 1.807) is 19.0 Å². The lowest BCUT2D eigenvalue weighted by Crippen LogP contribution is -2.59. The van der Waals surface area contributed by atoms with Crippen molar-refractivity contribution < 1.29 is 24.2 Å². The molecule has 0 aromatic carbocycles. The van der Waals surface area contributed by atoms with Gasteiger partial charge in [0.1, 0.15) is 6.10 Å². The van der Waals surface area contributed by atoms with Crippen molar-refractivity contribution in [2.24, 2.45) is 50.7 Å². The molecule has 6 rings (SSSR count). The Bertz CT molecular complexity index is 1200. The van der Waals surface area contributed by atoms with Crippen molar-refractivity contribution in [1.29, 1.82) is 0 Å². The number of morpholine rings is 1. The minimum Gasteiger partial charge on any atom is -0.385 e. The van der Waals surface area contributed by atoms with Crippen molar-refractivity contribution >= 4 is 11.7 Å². The number of rotatable bonds is 9. The number of fused-ring (bicyclic) bond motifs is 2. The van der Waals surface area contributed by atoms with Gasteiger partial charge in [0.15, 0.2) is 12.1 Å². The lowest BCUT2D eigenvalue weighted by Gasteiger charge is -2.62. The van der Waals surface area contributed by atoms with Gasteiger partial charge in [0.2, 0.25) is 5.91 Å². The molecule has 6 fully saturated rings. The zero-order chi connectivity index (χ0) is 32.7. The van der Waals surface area contributed by atoms with Crippen LogP contribution in [0.25, 0.3) is 0 Å². The average Bonchev–Trinajstić information content (AvgIpc) is 3.60. The minimum absolute atomic E-state index is 0.000992. The molecule has 11 atom stereocenters. The van der Waals surface area contributed by atoms with E-state index in [9.17, 15) is 14.7 Å². The number of hydrogen-bond acceptors (Lipinski definition) is 6. The molecule has 1 N–H and O–H groups in total. The highest BCUT2D eigenvalue weighted by molar-refractivity contribution is 5.93. The molecule has 254 valence electrons. The second kappa shape index (κ2) is 11.4. The molecule has 1 saturated heterocycles. The first-order chi connectivity index (χ1) is 21.0. The zero-order valence-electron chi connectivity index (χ0n) is 29.6. The summed E-state index contributed by atoms with van der Waals surface area (Å²) < 4.78 is 12.9. The Morgan fingerprint density at radius 3 is 2.49 bits per heavy atom. The van der Waals surface area contributed by atoms with Crippen LogP contribution in [0.2, 0.25) is 0 Å². The molecule has 0 radical (unpaired) electrons. The normalized spacial score (nSPS) is 45.9. The molecule has 0 bridgehead atoms. The SMILES string of the molecule is C=C(C)CCC[C@@H](C)C1[C@H](O)C(=O)[C@@]2(C)[C@@H]3CC[C@H]4C(C)(C)[C@@H](O[C@H]5CN(CC(=O)N(C)C)CCO5)CC[C@@]45C[C@@]35CC[C@]12C. The van der Waals surface area contributed by atoms with E-state index in [1.165, 1.54) is 18.4 Å². The molecule has 7 nitrogen and oxygen atoms in total. The van der Waals surface area contributed by atoms with Crippen LogP contribution < -0.4 is 0 Å². The minimum atomic E-state index is -0.842. The van der Waals surface area contributed by atoms with Crippen molar-refractivity contribution in [2.75, 3.05) is 40.3 Å². The number of Topliss-reactive ketones (excluding diaryl/α,β-unsaturated/α-hetero) is 1. The van der Waals surface area contributed by atoms with E-state index < -0.39 is 11.5 Å². The first-order valence-corrected chi connectivity index (χ1v) is 18.1. The van der Waals surface area contributed by atoms with Gasteiger partial charge in [0, 0.05) is 32.0 Å². The standard InChI is InChI=1S/C38H62N2O5/c1-24(2)11-10-12-25(3)31-32(42)33(43)36(7)27-14-13-26-34(4,5)28(15-16-37(26)23-38(27,37)18-17-35(31,36)6)45-30-22-40(19-20-44-30)21-29(41)39(8)9/h25-28,30-32,42H,1,10-23H2,2-9H3/t25-,26+,27+,28+,30+,31?,32+,35-,36-,37-,38+/m1/s1. The van der Waals surface area contributed by atoms with Crippen LogP contribution in [0.5, 0.6) is 0 Å². The Balaban J connectivity index is 1.18. The quantitative estimate of drug-likeness (QED) is 0.312. The summed E-state index contributed by atoms with van der Waals surface area (Å²) in [5.41, 5.74) is 1.07. The van der Waals surface area contributed by atoms with Gasteiger partial charge < -0.3 is 19.5 Å². The van der Waals surface area contributed by atoms with Crippen molar-refractivity contribution in [2.45, 2.75) is 124 Å². The summed E-state index contributed by atoms with van der Waals surface area (Å²) in [6.07, 6.45) is 9.95. The fourth-order valence-electron chi connectivity index (χ4n) is 12.7. The van der Waals surface area contributed by atoms with Gasteiger partial charge in [-0.2, -0.15) is 0 Å². The average molecular weight is 627 g/mol. The van der Waals surface area contributed by atoms with E-state index in [-0.39, 0.29) is 51.7 Å². The van der Waals surface area contributed by atoms with Crippen LogP contribution in [0.3, 0.4) is 0 Å². The highest BCUT2D eigenvalue weighted by Crippen LogP contribution is 2.88. The van der Waals surface area contributed by atoms with Crippen LogP contribution in [0, 0.1) is 50.7 Å². The monoisotopic (exact) mass is 626 g/mol. The van der Waals surface area contributed by atoms with Gasteiger partial charge in [0.25, 0.3) is 0 Å². The van der Waals surface area contributed by atoms with Gasteiger partial charge in [-0.3, -0.25) is 14.5 Å². The number of carbonyl (C=O) groups excluding carboxylic acids is 2. The Morgan fingerprint density at radius 2 is 1.80 bits per heavy atom. The number of aliphatic hydroxyl groups excluding tert-OH is 1. The predicted octanol–water partition coefficient (Wildman–Crippen LogP) is 6.09. The van der Waals surface area contributed by atoms with Crippen molar-refractivity contribution in [1.82, 2.24) is 9.80 Å². The lowest BCUT2D eigenvalue weighted by atomic mass is 9.41. The van der Waals surface area contributed by atoms with Crippen molar-refractivity contribution in [3.05, 3.63) is 12.2 Å². The largest absolute Gasteiger partial charge is 0.385 e. The van der Waals surface area contributed by atoms with E-state index in [1.807, 2.05) is 0 Å². The molecular weight excluding hydrogens is 564 g/mol. The van der Waals surface area contributed by atoms with Crippen LogP contribution in [0.1, 0.15) is 106 Å². The Morgan fingerprint density at radius 1 is 1.11 bits per heavy atom. The summed E-state index contributed by atoms with van der Waals surface area (Å²) in [5, 5.41) is 11.7.